The molecule has 3 aromatic rings. The van der Waals surface area contributed by atoms with E-state index in [4.69, 9.17) is 13.9 Å². The highest BCUT2D eigenvalue weighted by atomic mass is 32.2. The van der Waals surface area contributed by atoms with Crippen molar-refractivity contribution in [1.82, 2.24) is 0 Å². The lowest BCUT2D eigenvalue weighted by atomic mass is 10.1. The Morgan fingerprint density at radius 1 is 0.966 bits per heavy atom. The lowest BCUT2D eigenvalue weighted by molar-refractivity contribution is -0.114. The van der Waals surface area contributed by atoms with Gasteiger partial charge in [0.1, 0.15) is 18.0 Å². The van der Waals surface area contributed by atoms with Gasteiger partial charge in [-0.25, -0.2) is 9.59 Å². The fourth-order valence-corrected chi connectivity index (χ4v) is 3.60. The second kappa shape index (κ2) is 9.43. The van der Waals surface area contributed by atoms with Crippen molar-refractivity contribution in [3.05, 3.63) is 65.4 Å². The first-order valence-corrected chi connectivity index (χ1v) is 10.1. The number of ether oxygens (including phenoxy) is 2. The first-order chi connectivity index (χ1) is 14.0. The zero-order valence-electron chi connectivity index (χ0n) is 16.1. The number of para-hydroxylation sites is 1. The third-order valence-corrected chi connectivity index (χ3v) is 5.26. The Balaban J connectivity index is 1.84. The standard InChI is InChI=1S/C22H20O6S/c1-3-26-22(25)20-17(15-8-4-6-10-18(15)28-20)12-27-21(24)16-9-5-7-11-19(16)29-13-14(2)23/h4-11H,3,12-13H2,1-2H3. The Morgan fingerprint density at radius 3 is 2.45 bits per heavy atom. The van der Waals surface area contributed by atoms with E-state index >= 15 is 0 Å². The van der Waals surface area contributed by atoms with E-state index in [-0.39, 0.29) is 30.5 Å². The number of carbonyl (C=O) groups is 3. The van der Waals surface area contributed by atoms with Gasteiger partial charge in [0.2, 0.25) is 5.76 Å². The average molecular weight is 412 g/mol. The van der Waals surface area contributed by atoms with Crippen molar-refractivity contribution in [1.29, 1.82) is 0 Å². The Hall–Kier alpha value is -3.06. The van der Waals surface area contributed by atoms with Crippen LogP contribution in [0.4, 0.5) is 0 Å². The number of hydrogen-bond acceptors (Lipinski definition) is 7. The number of hydrogen-bond donors (Lipinski definition) is 0. The molecule has 29 heavy (non-hydrogen) atoms. The fraction of sp³-hybridized carbons (Fsp3) is 0.227. The van der Waals surface area contributed by atoms with Gasteiger partial charge in [0.25, 0.3) is 0 Å². The maximum absolute atomic E-state index is 12.7. The molecule has 7 heteroatoms. The first-order valence-electron chi connectivity index (χ1n) is 9.07. The molecule has 0 atom stereocenters. The topological polar surface area (TPSA) is 82.8 Å². The molecule has 0 N–H and O–H groups in total. The second-order valence-corrected chi connectivity index (χ2v) is 7.21. The molecule has 0 amide bonds. The minimum atomic E-state index is -0.604. The van der Waals surface area contributed by atoms with E-state index in [0.717, 1.165) is 0 Å². The van der Waals surface area contributed by atoms with Gasteiger partial charge in [0.05, 0.1) is 23.5 Å². The normalized spacial score (nSPS) is 10.7. The number of benzene rings is 2. The van der Waals surface area contributed by atoms with Gasteiger partial charge < -0.3 is 13.9 Å². The van der Waals surface area contributed by atoms with Crippen LogP contribution < -0.4 is 0 Å². The molecule has 0 aliphatic heterocycles. The summed E-state index contributed by atoms with van der Waals surface area (Å²) in [6.45, 7) is 3.26. The summed E-state index contributed by atoms with van der Waals surface area (Å²) in [5.41, 5.74) is 1.34. The van der Waals surface area contributed by atoms with Crippen molar-refractivity contribution in [2.24, 2.45) is 0 Å². The van der Waals surface area contributed by atoms with Gasteiger partial charge in [-0.2, -0.15) is 0 Å². The number of Topliss-reactive ketones (excluding diaryl/α,β-unsaturated/α-hetero) is 1. The maximum atomic E-state index is 12.7. The van der Waals surface area contributed by atoms with Crippen LogP contribution in [0.3, 0.4) is 0 Å². The number of fused-ring (bicyclic) bond motifs is 1. The van der Waals surface area contributed by atoms with Gasteiger partial charge >= 0.3 is 11.9 Å². The molecule has 0 fully saturated rings. The Kier molecular flexibility index (Phi) is 6.72. The van der Waals surface area contributed by atoms with Crippen LogP contribution in [0.1, 0.15) is 40.3 Å². The number of furan rings is 1. The van der Waals surface area contributed by atoms with E-state index in [2.05, 4.69) is 0 Å². The molecule has 0 radical (unpaired) electrons. The zero-order valence-corrected chi connectivity index (χ0v) is 16.9. The van der Waals surface area contributed by atoms with Crippen molar-refractivity contribution in [2.75, 3.05) is 12.4 Å². The third-order valence-electron chi connectivity index (χ3n) is 4.04. The van der Waals surface area contributed by atoms with Gasteiger partial charge in [-0.05, 0) is 32.0 Å². The van der Waals surface area contributed by atoms with Crippen LogP contribution in [0.2, 0.25) is 0 Å². The van der Waals surface area contributed by atoms with Crippen molar-refractivity contribution < 1.29 is 28.3 Å². The van der Waals surface area contributed by atoms with Crippen LogP contribution in [-0.4, -0.2) is 30.1 Å². The molecule has 0 bridgehead atoms. The van der Waals surface area contributed by atoms with E-state index in [1.165, 1.54) is 18.7 Å². The zero-order chi connectivity index (χ0) is 20.8. The third kappa shape index (κ3) is 4.86. The Bertz CT molecular complexity index is 1050. The van der Waals surface area contributed by atoms with Crippen molar-refractivity contribution in [3.63, 3.8) is 0 Å². The van der Waals surface area contributed by atoms with Crippen LogP contribution in [0, 0.1) is 0 Å². The molecule has 0 unspecified atom stereocenters. The molecule has 6 nitrogen and oxygen atoms in total. The van der Waals surface area contributed by atoms with Gasteiger partial charge in [0.15, 0.2) is 0 Å². The molecule has 0 aliphatic carbocycles. The molecule has 2 aromatic carbocycles. The van der Waals surface area contributed by atoms with Crippen LogP contribution in [-0.2, 0) is 20.9 Å². The minimum absolute atomic E-state index is 0.0158. The van der Waals surface area contributed by atoms with Crippen molar-refractivity contribution in [3.8, 4) is 0 Å². The van der Waals surface area contributed by atoms with E-state index in [1.807, 2.05) is 6.07 Å². The number of rotatable bonds is 8. The highest BCUT2D eigenvalue weighted by molar-refractivity contribution is 8.00. The van der Waals surface area contributed by atoms with Crippen LogP contribution in [0.5, 0.6) is 0 Å². The smallest absolute Gasteiger partial charge is 0.374 e. The van der Waals surface area contributed by atoms with Crippen molar-refractivity contribution in [2.45, 2.75) is 25.3 Å². The molecule has 3 rings (SSSR count). The summed E-state index contributed by atoms with van der Waals surface area (Å²) in [5, 5.41) is 0.683. The molecule has 1 heterocycles. The molecule has 0 aliphatic rings. The summed E-state index contributed by atoms with van der Waals surface area (Å²) in [4.78, 5) is 36.9. The van der Waals surface area contributed by atoms with Gasteiger partial charge in [-0.1, -0.05) is 30.3 Å². The SMILES string of the molecule is CCOC(=O)c1oc2ccccc2c1COC(=O)c1ccccc1SCC(C)=O. The average Bonchev–Trinajstić information content (AvgIpc) is 3.09. The summed E-state index contributed by atoms with van der Waals surface area (Å²) in [5.74, 6) is -0.838. The van der Waals surface area contributed by atoms with Gasteiger partial charge in [-0.15, -0.1) is 11.8 Å². The fourth-order valence-electron chi connectivity index (χ4n) is 2.76. The lowest BCUT2D eigenvalue weighted by Gasteiger charge is -2.09. The van der Waals surface area contributed by atoms with Crippen LogP contribution >= 0.6 is 11.8 Å². The van der Waals surface area contributed by atoms with E-state index < -0.39 is 11.9 Å². The monoisotopic (exact) mass is 412 g/mol. The number of ketones is 1. The molecule has 0 spiro atoms. The molecular formula is C22H20O6S. The minimum Gasteiger partial charge on any atom is -0.460 e. The first kappa shape index (κ1) is 20.7. The summed E-state index contributed by atoms with van der Waals surface area (Å²) in [6, 6.07) is 14.1. The van der Waals surface area contributed by atoms with Gasteiger partial charge in [0, 0.05) is 10.3 Å². The van der Waals surface area contributed by atoms with Crippen LogP contribution in [0.25, 0.3) is 11.0 Å². The van der Waals surface area contributed by atoms with E-state index in [0.29, 0.717) is 27.0 Å². The molecule has 0 saturated heterocycles. The second-order valence-electron chi connectivity index (χ2n) is 6.19. The predicted molar refractivity (Wildman–Crippen MR) is 109 cm³/mol. The molecule has 150 valence electrons. The van der Waals surface area contributed by atoms with Crippen LogP contribution in [0.15, 0.2) is 57.8 Å². The highest BCUT2D eigenvalue weighted by Crippen LogP contribution is 2.28. The predicted octanol–water partition coefficient (Wildman–Crippen LogP) is 4.65. The number of thioether (sulfide) groups is 1. The lowest BCUT2D eigenvalue weighted by Crippen LogP contribution is -2.10. The maximum Gasteiger partial charge on any atom is 0.374 e. The number of carbonyl (C=O) groups excluding carboxylic acids is 3. The molecule has 1 aromatic heterocycles. The largest absolute Gasteiger partial charge is 0.460 e. The summed E-state index contributed by atoms with van der Waals surface area (Å²) >= 11 is 1.28. The van der Waals surface area contributed by atoms with Gasteiger partial charge in [-0.3, -0.25) is 4.79 Å². The van der Waals surface area contributed by atoms with E-state index in [9.17, 15) is 14.4 Å². The quantitative estimate of drug-likeness (QED) is 0.393. The number of esters is 2. The highest BCUT2D eigenvalue weighted by Gasteiger charge is 2.23. The summed E-state index contributed by atoms with van der Waals surface area (Å²) in [7, 11) is 0. The van der Waals surface area contributed by atoms with Crippen molar-refractivity contribution >= 4 is 40.5 Å². The Morgan fingerprint density at radius 2 is 1.69 bits per heavy atom. The summed E-state index contributed by atoms with van der Waals surface area (Å²) < 4.78 is 16.2. The summed E-state index contributed by atoms with van der Waals surface area (Å²) in [6.07, 6.45) is 0. The molecular weight excluding hydrogens is 392 g/mol. The van der Waals surface area contributed by atoms with E-state index in [1.54, 1.807) is 49.4 Å². The molecule has 0 saturated carbocycles. The Labute approximate surface area is 172 Å².